The molecule has 0 radical (unpaired) electrons. The van der Waals surface area contributed by atoms with Crippen molar-refractivity contribution in [3.63, 3.8) is 0 Å². The lowest BCUT2D eigenvalue weighted by Crippen LogP contribution is -2.26. The van der Waals surface area contributed by atoms with E-state index in [4.69, 9.17) is 0 Å². The third-order valence-corrected chi connectivity index (χ3v) is 4.02. The molecule has 1 aromatic rings. The predicted octanol–water partition coefficient (Wildman–Crippen LogP) is 3.16. The van der Waals surface area contributed by atoms with E-state index in [1.54, 1.807) is 0 Å². The lowest BCUT2D eigenvalue weighted by molar-refractivity contribution is 0.0952. The fraction of sp³-hybridized carbons (Fsp3) is 0.462. The number of rotatable bonds is 5. The number of amides is 1. The highest BCUT2D eigenvalue weighted by Crippen LogP contribution is 2.14. The van der Waals surface area contributed by atoms with Gasteiger partial charge in [0, 0.05) is 22.3 Å². The van der Waals surface area contributed by atoms with Crippen LogP contribution in [0.3, 0.4) is 0 Å². The Morgan fingerprint density at radius 3 is 2.88 bits per heavy atom. The third-order valence-electron chi connectivity index (χ3n) is 2.70. The number of carbonyl (C=O) groups excluding carboxylic acids is 1. The number of aryl methyl sites for hydroxylation is 1. The predicted molar refractivity (Wildman–Crippen MR) is 78.4 cm³/mol. The molecule has 94 valence electrons. The molecule has 0 saturated carbocycles. The fourth-order valence-electron chi connectivity index (χ4n) is 1.46. The summed E-state index contributed by atoms with van der Waals surface area (Å²) in [6.07, 6.45) is 3.08. The smallest absolute Gasteiger partial charge is 0.251 e. The Morgan fingerprint density at radius 2 is 2.24 bits per heavy atom. The number of nitrogens with one attached hydrogen (secondary N) is 1. The molecular formula is C13H19NOS2. The van der Waals surface area contributed by atoms with Crippen molar-refractivity contribution < 1.29 is 4.79 Å². The SMILES string of the molecule is CSC(C)CCNC(=O)c1cc(S)ccc1C. The molecule has 1 N–H and O–H groups in total. The van der Waals surface area contributed by atoms with Crippen LogP contribution in [0.5, 0.6) is 0 Å². The topological polar surface area (TPSA) is 29.1 Å². The van der Waals surface area contributed by atoms with Crippen molar-refractivity contribution in [3.05, 3.63) is 29.3 Å². The van der Waals surface area contributed by atoms with E-state index >= 15 is 0 Å². The van der Waals surface area contributed by atoms with Gasteiger partial charge in [0.05, 0.1) is 0 Å². The number of carbonyl (C=O) groups is 1. The Hall–Kier alpha value is -0.610. The van der Waals surface area contributed by atoms with Crippen LogP contribution in [0, 0.1) is 6.92 Å². The molecule has 1 rings (SSSR count). The summed E-state index contributed by atoms with van der Waals surface area (Å²) in [5.41, 5.74) is 1.70. The first kappa shape index (κ1) is 14.5. The Bertz CT molecular complexity index is 393. The number of hydrogen-bond donors (Lipinski definition) is 2. The first-order chi connectivity index (χ1) is 8.04. The molecule has 0 aliphatic carbocycles. The van der Waals surface area contributed by atoms with E-state index in [-0.39, 0.29) is 5.91 Å². The Balaban J connectivity index is 2.55. The Morgan fingerprint density at radius 1 is 1.53 bits per heavy atom. The van der Waals surface area contributed by atoms with Crippen LogP contribution >= 0.6 is 24.4 Å². The summed E-state index contributed by atoms with van der Waals surface area (Å²) in [5, 5.41) is 3.52. The van der Waals surface area contributed by atoms with Gasteiger partial charge in [-0.05, 0) is 37.3 Å². The van der Waals surface area contributed by atoms with Gasteiger partial charge in [-0.1, -0.05) is 13.0 Å². The summed E-state index contributed by atoms with van der Waals surface area (Å²) < 4.78 is 0. The zero-order valence-electron chi connectivity index (χ0n) is 10.5. The van der Waals surface area contributed by atoms with Gasteiger partial charge in [-0.15, -0.1) is 12.6 Å². The fourth-order valence-corrected chi connectivity index (χ4v) is 2.01. The molecule has 0 aliphatic rings. The third kappa shape index (κ3) is 4.64. The van der Waals surface area contributed by atoms with Crippen molar-refractivity contribution in [2.75, 3.05) is 12.8 Å². The molecule has 1 aromatic carbocycles. The quantitative estimate of drug-likeness (QED) is 0.804. The van der Waals surface area contributed by atoms with Gasteiger partial charge in [0.1, 0.15) is 0 Å². The number of thioether (sulfide) groups is 1. The van der Waals surface area contributed by atoms with Crippen molar-refractivity contribution in [1.29, 1.82) is 0 Å². The molecule has 1 amide bonds. The maximum atomic E-state index is 11.9. The molecular weight excluding hydrogens is 250 g/mol. The zero-order chi connectivity index (χ0) is 12.8. The van der Waals surface area contributed by atoms with Gasteiger partial charge >= 0.3 is 0 Å². The maximum absolute atomic E-state index is 11.9. The summed E-state index contributed by atoms with van der Waals surface area (Å²) in [6, 6.07) is 5.62. The standard InChI is InChI=1S/C13H19NOS2/c1-9-4-5-11(16)8-12(9)13(15)14-7-6-10(2)17-3/h4-5,8,10,16H,6-7H2,1-3H3,(H,14,15). The van der Waals surface area contributed by atoms with Crippen LogP contribution in [0.1, 0.15) is 29.3 Å². The second kappa shape index (κ2) is 6.97. The lowest BCUT2D eigenvalue weighted by atomic mass is 10.1. The summed E-state index contributed by atoms with van der Waals surface area (Å²) >= 11 is 6.07. The van der Waals surface area contributed by atoms with Crippen LogP contribution in [0.2, 0.25) is 0 Å². The van der Waals surface area contributed by atoms with Crippen LogP contribution in [-0.2, 0) is 0 Å². The van der Waals surface area contributed by atoms with E-state index in [0.29, 0.717) is 10.8 Å². The normalized spacial score (nSPS) is 12.2. The number of thiol groups is 1. The number of benzene rings is 1. The zero-order valence-corrected chi connectivity index (χ0v) is 12.2. The molecule has 1 unspecified atom stereocenters. The Labute approximate surface area is 113 Å². The summed E-state index contributed by atoms with van der Waals surface area (Å²) in [6.45, 7) is 4.82. The molecule has 0 fully saturated rings. The van der Waals surface area contributed by atoms with E-state index < -0.39 is 0 Å². The minimum Gasteiger partial charge on any atom is -0.352 e. The summed E-state index contributed by atoms with van der Waals surface area (Å²) in [7, 11) is 0. The van der Waals surface area contributed by atoms with Gasteiger partial charge in [0.25, 0.3) is 5.91 Å². The average Bonchev–Trinajstić information content (AvgIpc) is 2.31. The van der Waals surface area contributed by atoms with E-state index in [9.17, 15) is 4.79 Å². The van der Waals surface area contributed by atoms with Gasteiger partial charge in [-0.25, -0.2) is 0 Å². The molecule has 4 heteroatoms. The minimum absolute atomic E-state index is 0.00768. The van der Waals surface area contributed by atoms with Crippen molar-refractivity contribution in [3.8, 4) is 0 Å². The van der Waals surface area contributed by atoms with E-state index in [1.807, 2.05) is 36.9 Å². The Kier molecular flexibility index (Phi) is 5.92. The molecule has 0 spiro atoms. The van der Waals surface area contributed by atoms with Gasteiger partial charge in [-0.2, -0.15) is 11.8 Å². The van der Waals surface area contributed by atoms with Gasteiger partial charge in [0.15, 0.2) is 0 Å². The van der Waals surface area contributed by atoms with Crippen molar-refractivity contribution >= 4 is 30.3 Å². The lowest BCUT2D eigenvalue weighted by Gasteiger charge is -2.10. The molecule has 0 heterocycles. The maximum Gasteiger partial charge on any atom is 0.251 e. The average molecular weight is 269 g/mol. The van der Waals surface area contributed by atoms with E-state index in [1.165, 1.54) is 0 Å². The van der Waals surface area contributed by atoms with Crippen LogP contribution in [0.4, 0.5) is 0 Å². The molecule has 1 atom stereocenters. The van der Waals surface area contributed by atoms with Crippen LogP contribution in [-0.4, -0.2) is 24.0 Å². The highest BCUT2D eigenvalue weighted by molar-refractivity contribution is 7.99. The van der Waals surface area contributed by atoms with Crippen molar-refractivity contribution in [1.82, 2.24) is 5.32 Å². The highest BCUT2D eigenvalue weighted by atomic mass is 32.2. The van der Waals surface area contributed by atoms with Crippen molar-refractivity contribution in [2.24, 2.45) is 0 Å². The second-order valence-electron chi connectivity index (χ2n) is 4.09. The van der Waals surface area contributed by atoms with Crippen molar-refractivity contribution in [2.45, 2.75) is 30.4 Å². The molecule has 2 nitrogen and oxygen atoms in total. The summed E-state index contributed by atoms with van der Waals surface area (Å²) in [4.78, 5) is 12.8. The van der Waals surface area contributed by atoms with Gasteiger partial charge in [-0.3, -0.25) is 4.79 Å². The first-order valence-electron chi connectivity index (χ1n) is 5.65. The van der Waals surface area contributed by atoms with Gasteiger partial charge < -0.3 is 5.32 Å². The van der Waals surface area contributed by atoms with E-state index in [2.05, 4.69) is 31.1 Å². The van der Waals surface area contributed by atoms with E-state index in [0.717, 1.165) is 23.4 Å². The second-order valence-corrected chi connectivity index (χ2v) is 5.88. The van der Waals surface area contributed by atoms with Crippen LogP contribution in [0.25, 0.3) is 0 Å². The molecule has 0 aliphatic heterocycles. The van der Waals surface area contributed by atoms with Crippen LogP contribution in [0.15, 0.2) is 23.1 Å². The molecule has 0 saturated heterocycles. The first-order valence-corrected chi connectivity index (χ1v) is 7.38. The highest BCUT2D eigenvalue weighted by Gasteiger charge is 2.09. The monoisotopic (exact) mass is 269 g/mol. The largest absolute Gasteiger partial charge is 0.352 e. The summed E-state index contributed by atoms with van der Waals surface area (Å²) in [5.74, 6) is -0.00768. The molecule has 0 bridgehead atoms. The number of hydrogen-bond acceptors (Lipinski definition) is 3. The van der Waals surface area contributed by atoms with Gasteiger partial charge in [0.2, 0.25) is 0 Å². The molecule has 0 aromatic heterocycles. The minimum atomic E-state index is -0.00768. The molecule has 17 heavy (non-hydrogen) atoms. The van der Waals surface area contributed by atoms with Crippen LogP contribution < -0.4 is 5.32 Å².